The van der Waals surface area contributed by atoms with Gasteiger partial charge in [0.2, 0.25) is 5.88 Å². The Bertz CT molecular complexity index is 1070. The predicted octanol–water partition coefficient (Wildman–Crippen LogP) is 3.23. The van der Waals surface area contributed by atoms with Crippen LogP contribution in [0.1, 0.15) is 21.5 Å². The maximum absolute atomic E-state index is 13.3. The van der Waals surface area contributed by atoms with Gasteiger partial charge in [0.15, 0.2) is 5.82 Å². The fraction of sp³-hybridized carbons (Fsp3) is 0.0588. The first kappa shape index (κ1) is 17.9. The number of halogens is 3. The Kier molecular flexibility index (Phi) is 4.29. The summed E-state index contributed by atoms with van der Waals surface area (Å²) in [5.41, 5.74) is -1.94. The lowest BCUT2D eigenvalue weighted by molar-refractivity contribution is -0.137. The summed E-state index contributed by atoms with van der Waals surface area (Å²) in [6, 6.07) is 7.06. The number of hydrogen-bond donors (Lipinski definition) is 2. The molecule has 2 heterocycles. The van der Waals surface area contributed by atoms with Crippen LogP contribution in [-0.2, 0) is 6.18 Å². The summed E-state index contributed by atoms with van der Waals surface area (Å²) in [7, 11) is 0. The maximum Gasteiger partial charge on any atom is 0.417 e. The second-order valence-corrected chi connectivity index (χ2v) is 5.37. The van der Waals surface area contributed by atoms with Crippen LogP contribution in [0, 0.1) is 11.3 Å². The summed E-state index contributed by atoms with van der Waals surface area (Å²) >= 11 is 0. The van der Waals surface area contributed by atoms with E-state index in [0.717, 1.165) is 23.1 Å². The smallest absolute Gasteiger partial charge is 0.417 e. The molecule has 0 spiro atoms. The third-order valence-electron chi connectivity index (χ3n) is 3.70. The lowest BCUT2D eigenvalue weighted by atomic mass is 9.99. The van der Waals surface area contributed by atoms with E-state index in [1.807, 2.05) is 0 Å². The van der Waals surface area contributed by atoms with Crippen molar-refractivity contribution in [3.8, 4) is 28.9 Å². The van der Waals surface area contributed by atoms with Gasteiger partial charge < -0.3 is 10.2 Å². The number of rotatable bonds is 3. The van der Waals surface area contributed by atoms with Crippen molar-refractivity contribution >= 4 is 5.97 Å². The van der Waals surface area contributed by atoms with Crippen molar-refractivity contribution in [2.45, 2.75) is 6.18 Å². The minimum atomic E-state index is -4.75. The van der Waals surface area contributed by atoms with Gasteiger partial charge in [-0.1, -0.05) is 6.07 Å². The average Bonchev–Trinajstić information content (AvgIpc) is 3.01. The number of aromatic hydroxyl groups is 1. The fourth-order valence-corrected chi connectivity index (χ4v) is 2.42. The molecule has 3 rings (SSSR count). The van der Waals surface area contributed by atoms with E-state index >= 15 is 0 Å². The van der Waals surface area contributed by atoms with E-state index < -0.39 is 23.6 Å². The van der Waals surface area contributed by atoms with Crippen LogP contribution in [0.2, 0.25) is 0 Å². The molecule has 3 aromatic rings. The molecule has 2 aromatic heterocycles. The van der Waals surface area contributed by atoms with Crippen LogP contribution in [0.3, 0.4) is 0 Å². The highest BCUT2D eigenvalue weighted by molar-refractivity contribution is 5.87. The molecule has 0 radical (unpaired) electrons. The van der Waals surface area contributed by atoms with Crippen LogP contribution in [0.5, 0.6) is 5.88 Å². The molecule has 0 atom stereocenters. The number of benzene rings is 1. The van der Waals surface area contributed by atoms with E-state index in [4.69, 9.17) is 10.4 Å². The first-order chi connectivity index (χ1) is 12.7. The standard InChI is InChI=1S/C17H9F3N4O3/c18-17(19,20)13-5-9(6-21)1-3-11(13)12-8-23-24(15(12)25)14-4-2-10(7-22-14)16(26)27/h1-5,7-8,25H,(H,26,27). The molecule has 0 fully saturated rings. The topological polar surface area (TPSA) is 112 Å². The lowest BCUT2D eigenvalue weighted by Crippen LogP contribution is -2.07. The summed E-state index contributed by atoms with van der Waals surface area (Å²) < 4.78 is 40.9. The Morgan fingerprint density at radius 2 is 1.89 bits per heavy atom. The van der Waals surface area contributed by atoms with Crippen LogP contribution in [0.4, 0.5) is 13.2 Å². The van der Waals surface area contributed by atoms with Crippen LogP contribution in [-0.4, -0.2) is 30.9 Å². The number of carboxylic acid groups (broad SMARTS) is 1. The normalized spacial score (nSPS) is 11.2. The molecule has 7 nitrogen and oxygen atoms in total. The summed E-state index contributed by atoms with van der Waals surface area (Å²) in [6.07, 6.45) is -2.70. The predicted molar refractivity (Wildman–Crippen MR) is 85.1 cm³/mol. The monoisotopic (exact) mass is 374 g/mol. The zero-order valence-corrected chi connectivity index (χ0v) is 13.3. The molecule has 0 aliphatic carbocycles. The zero-order chi connectivity index (χ0) is 19.8. The maximum atomic E-state index is 13.3. The first-order valence-electron chi connectivity index (χ1n) is 7.31. The zero-order valence-electron chi connectivity index (χ0n) is 13.3. The van der Waals surface area contributed by atoms with Crippen molar-refractivity contribution < 1.29 is 28.2 Å². The van der Waals surface area contributed by atoms with Crippen molar-refractivity contribution in [2.75, 3.05) is 0 Å². The highest BCUT2D eigenvalue weighted by Gasteiger charge is 2.35. The Morgan fingerprint density at radius 1 is 1.15 bits per heavy atom. The minimum absolute atomic E-state index is 0.0194. The Balaban J connectivity index is 2.11. The van der Waals surface area contributed by atoms with Gasteiger partial charge in [-0.05, 0) is 24.3 Å². The highest BCUT2D eigenvalue weighted by Crippen LogP contribution is 2.40. The second-order valence-electron chi connectivity index (χ2n) is 5.37. The van der Waals surface area contributed by atoms with E-state index in [1.54, 1.807) is 6.07 Å². The molecule has 136 valence electrons. The average molecular weight is 374 g/mol. The molecule has 0 aliphatic heterocycles. The van der Waals surface area contributed by atoms with Crippen LogP contribution in [0.25, 0.3) is 16.9 Å². The largest absolute Gasteiger partial charge is 0.493 e. The van der Waals surface area contributed by atoms with E-state index in [9.17, 15) is 23.1 Å². The molecule has 0 unspecified atom stereocenters. The van der Waals surface area contributed by atoms with E-state index in [1.165, 1.54) is 18.2 Å². The van der Waals surface area contributed by atoms with Crippen molar-refractivity contribution in [2.24, 2.45) is 0 Å². The molecule has 10 heteroatoms. The number of pyridine rings is 1. The van der Waals surface area contributed by atoms with Gasteiger partial charge in [-0.25, -0.2) is 9.78 Å². The molecule has 1 aromatic carbocycles. The quantitative estimate of drug-likeness (QED) is 0.728. The lowest BCUT2D eigenvalue weighted by Gasteiger charge is -2.12. The van der Waals surface area contributed by atoms with Gasteiger partial charge in [-0.3, -0.25) is 0 Å². The Morgan fingerprint density at radius 3 is 2.44 bits per heavy atom. The SMILES string of the molecule is N#Cc1ccc(-c2cnn(-c3ccc(C(=O)O)cn3)c2O)c(C(F)(F)F)c1. The molecule has 0 saturated heterocycles. The van der Waals surface area contributed by atoms with Crippen molar-refractivity contribution in [3.05, 3.63) is 59.4 Å². The summed E-state index contributed by atoms with van der Waals surface area (Å²) in [4.78, 5) is 14.7. The summed E-state index contributed by atoms with van der Waals surface area (Å²) in [5.74, 6) is -1.79. The third kappa shape index (κ3) is 3.30. The van der Waals surface area contributed by atoms with Gasteiger partial charge >= 0.3 is 12.1 Å². The molecule has 0 amide bonds. The fourth-order valence-electron chi connectivity index (χ4n) is 2.42. The highest BCUT2D eigenvalue weighted by atomic mass is 19.4. The van der Waals surface area contributed by atoms with E-state index in [-0.39, 0.29) is 28.1 Å². The van der Waals surface area contributed by atoms with E-state index in [0.29, 0.717) is 6.07 Å². The van der Waals surface area contributed by atoms with Gasteiger partial charge in [-0.2, -0.15) is 28.2 Å². The number of nitriles is 1. The third-order valence-corrected chi connectivity index (χ3v) is 3.70. The van der Waals surface area contributed by atoms with Crippen molar-refractivity contribution in [3.63, 3.8) is 0 Å². The molecule has 0 bridgehead atoms. The van der Waals surface area contributed by atoms with Gasteiger partial charge in [0.25, 0.3) is 0 Å². The van der Waals surface area contributed by atoms with Gasteiger partial charge in [-0.15, -0.1) is 0 Å². The number of aromatic nitrogens is 3. The number of nitrogens with zero attached hydrogens (tertiary/aromatic N) is 4. The number of carbonyl (C=O) groups is 1. The minimum Gasteiger partial charge on any atom is -0.493 e. The molecule has 2 N–H and O–H groups in total. The second kappa shape index (κ2) is 6.45. The summed E-state index contributed by atoms with van der Waals surface area (Å²) in [6.45, 7) is 0. The van der Waals surface area contributed by atoms with Crippen molar-refractivity contribution in [1.82, 2.24) is 14.8 Å². The first-order valence-corrected chi connectivity index (χ1v) is 7.31. The van der Waals surface area contributed by atoms with Gasteiger partial charge in [0.05, 0.1) is 34.5 Å². The number of aromatic carboxylic acids is 1. The van der Waals surface area contributed by atoms with E-state index in [2.05, 4.69) is 10.1 Å². The molecule has 0 aliphatic rings. The summed E-state index contributed by atoms with van der Waals surface area (Å²) in [5, 5.41) is 31.9. The van der Waals surface area contributed by atoms with Crippen molar-refractivity contribution in [1.29, 1.82) is 5.26 Å². The number of carboxylic acids is 1. The number of alkyl halides is 3. The molecule has 0 saturated carbocycles. The van der Waals surface area contributed by atoms with Crippen LogP contribution >= 0.6 is 0 Å². The van der Waals surface area contributed by atoms with Crippen LogP contribution in [0.15, 0.2) is 42.7 Å². The van der Waals surface area contributed by atoms with Gasteiger partial charge in [0, 0.05) is 11.8 Å². The molecular weight excluding hydrogens is 365 g/mol. The Labute approximate surface area is 149 Å². The van der Waals surface area contributed by atoms with Gasteiger partial charge in [0.1, 0.15) is 0 Å². The molecular formula is C17H9F3N4O3. The van der Waals surface area contributed by atoms with Crippen LogP contribution < -0.4 is 0 Å². The number of hydrogen-bond acceptors (Lipinski definition) is 5. The molecule has 27 heavy (non-hydrogen) atoms. The Hall–Kier alpha value is -3.87.